The minimum absolute atomic E-state index is 0.118. The fourth-order valence-electron chi connectivity index (χ4n) is 1.56. The summed E-state index contributed by atoms with van der Waals surface area (Å²) >= 11 is 0. The van der Waals surface area contributed by atoms with Crippen molar-refractivity contribution in [1.29, 1.82) is 0 Å². The molecule has 0 aromatic heterocycles. The molecule has 2 unspecified atom stereocenters. The van der Waals surface area contributed by atoms with Crippen molar-refractivity contribution in [2.24, 2.45) is 5.92 Å². The molecule has 0 bridgehead atoms. The average molecular weight is 155 g/mol. The Kier molecular flexibility index (Phi) is 3.09. The molecule has 1 aliphatic heterocycles. The predicted molar refractivity (Wildman–Crippen MR) is 46.4 cm³/mol. The Morgan fingerprint density at radius 2 is 2.45 bits per heavy atom. The van der Waals surface area contributed by atoms with Gasteiger partial charge in [0.15, 0.2) is 0 Å². The van der Waals surface area contributed by atoms with Crippen LogP contribution in [0.2, 0.25) is 0 Å². The van der Waals surface area contributed by atoms with Gasteiger partial charge in [0, 0.05) is 12.5 Å². The number of rotatable bonds is 2. The smallest absolute Gasteiger partial charge is 0.0595 e. The highest BCUT2D eigenvalue weighted by atomic mass is 16.3. The normalized spacial score (nSPS) is 31.8. The molecule has 2 atom stereocenters. The van der Waals surface area contributed by atoms with E-state index in [1.807, 2.05) is 6.92 Å². The average Bonchev–Trinajstić information content (AvgIpc) is 1.93. The minimum atomic E-state index is -0.118. The third-order valence-corrected chi connectivity index (χ3v) is 2.18. The van der Waals surface area contributed by atoms with Crippen molar-refractivity contribution >= 4 is 0 Å². The third-order valence-electron chi connectivity index (χ3n) is 2.18. The Bertz CT molecular complexity index is 144. The van der Waals surface area contributed by atoms with E-state index < -0.39 is 0 Å². The second kappa shape index (κ2) is 3.88. The molecule has 0 spiro atoms. The first-order chi connectivity index (χ1) is 5.20. The first-order valence-corrected chi connectivity index (χ1v) is 4.23. The van der Waals surface area contributed by atoms with E-state index in [1.54, 1.807) is 0 Å². The molecule has 1 heterocycles. The lowest BCUT2D eigenvalue weighted by atomic mass is 9.90. The van der Waals surface area contributed by atoms with Gasteiger partial charge in [-0.15, -0.1) is 6.58 Å². The largest absolute Gasteiger partial charge is 0.393 e. The summed E-state index contributed by atoms with van der Waals surface area (Å²) in [6, 6.07) is 0. The van der Waals surface area contributed by atoms with E-state index in [1.165, 1.54) is 0 Å². The molecule has 0 aromatic carbocycles. The monoisotopic (exact) mass is 155 g/mol. The van der Waals surface area contributed by atoms with Gasteiger partial charge in [0.1, 0.15) is 0 Å². The highest BCUT2D eigenvalue weighted by Crippen LogP contribution is 2.18. The van der Waals surface area contributed by atoms with Crippen LogP contribution < -0.4 is 5.32 Å². The fraction of sp³-hybridized carbons (Fsp3) is 0.778. The molecule has 1 fully saturated rings. The van der Waals surface area contributed by atoms with Crippen molar-refractivity contribution in [3.63, 3.8) is 0 Å². The molecule has 0 radical (unpaired) electrons. The van der Waals surface area contributed by atoms with Crippen LogP contribution in [0.3, 0.4) is 0 Å². The van der Waals surface area contributed by atoms with Gasteiger partial charge in [0.2, 0.25) is 0 Å². The van der Waals surface area contributed by atoms with E-state index >= 15 is 0 Å². The Balaban J connectivity index is 2.35. The second-order valence-corrected chi connectivity index (χ2v) is 3.48. The van der Waals surface area contributed by atoms with Gasteiger partial charge in [0.25, 0.3) is 0 Å². The van der Waals surface area contributed by atoms with E-state index in [4.69, 9.17) is 0 Å². The summed E-state index contributed by atoms with van der Waals surface area (Å²) in [5, 5.41) is 12.8. The molecule has 1 aliphatic rings. The van der Waals surface area contributed by atoms with Crippen LogP contribution in [-0.4, -0.2) is 24.3 Å². The van der Waals surface area contributed by atoms with Gasteiger partial charge in [-0.05, 0) is 26.3 Å². The lowest BCUT2D eigenvalue weighted by Gasteiger charge is -2.28. The number of allylic oxidation sites excluding steroid dienone is 1. The quantitative estimate of drug-likeness (QED) is 0.581. The lowest BCUT2D eigenvalue weighted by molar-refractivity contribution is 0.0792. The number of aliphatic hydroxyl groups excluding tert-OH is 1. The number of hydrogen-bond donors (Lipinski definition) is 2. The Hall–Kier alpha value is -0.340. The predicted octanol–water partition coefficient (Wildman–Crippen LogP) is 0.923. The Labute approximate surface area is 68.3 Å². The van der Waals surface area contributed by atoms with Gasteiger partial charge in [-0.2, -0.15) is 0 Å². The number of aliphatic hydroxyl groups is 1. The van der Waals surface area contributed by atoms with Gasteiger partial charge in [-0.1, -0.05) is 5.57 Å². The summed E-state index contributed by atoms with van der Waals surface area (Å²) in [7, 11) is 0. The molecule has 2 heteroatoms. The molecular formula is C9H17NO. The summed E-state index contributed by atoms with van der Waals surface area (Å²) < 4.78 is 0. The maximum absolute atomic E-state index is 9.54. The molecule has 0 aromatic rings. The maximum atomic E-state index is 9.54. The lowest BCUT2D eigenvalue weighted by Crippen LogP contribution is -2.39. The van der Waals surface area contributed by atoms with Crippen LogP contribution >= 0.6 is 0 Å². The SMILES string of the molecule is C=C(C)CC1CNCCC1O. The summed E-state index contributed by atoms with van der Waals surface area (Å²) in [6.45, 7) is 7.75. The van der Waals surface area contributed by atoms with Crippen molar-refractivity contribution in [2.45, 2.75) is 25.9 Å². The van der Waals surface area contributed by atoms with E-state index in [2.05, 4.69) is 11.9 Å². The fourth-order valence-corrected chi connectivity index (χ4v) is 1.56. The maximum Gasteiger partial charge on any atom is 0.0595 e. The molecule has 1 saturated heterocycles. The molecule has 2 N–H and O–H groups in total. The molecule has 2 nitrogen and oxygen atoms in total. The van der Waals surface area contributed by atoms with Crippen LogP contribution in [0.15, 0.2) is 12.2 Å². The summed E-state index contributed by atoms with van der Waals surface area (Å²) in [5.74, 6) is 0.390. The molecular weight excluding hydrogens is 138 g/mol. The van der Waals surface area contributed by atoms with Crippen molar-refractivity contribution in [2.75, 3.05) is 13.1 Å². The van der Waals surface area contributed by atoms with Crippen LogP contribution in [0.5, 0.6) is 0 Å². The van der Waals surface area contributed by atoms with Gasteiger partial charge in [-0.3, -0.25) is 0 Å². The summed E-state index contributed by atoms with van der Waals surface area (Å²) in [6.07, 6.45) is 1.72. The van der Waals surface area contributed by atoms with Crippen LogP contribution in [0.1, 0.15) is 19.8 Å². The van der Waals surface area contributed by atoms with Crippen molar-refractivity contribution in [3.8, 4) is 0 Å². The first kappa shape index (κ1) is 8.75. The zero-order valence-electron chi connectivity index (χ0n) is 7.14. The van der Waals surface area contributed by atoms with E-state index in [9.17, 15) is 5.11 Å². The van der Waals surface area contributed by atoms with Crippen molar-refractivity contribution in [1.82, 2.24) is 5.32 Å². The second-order valence-electron chi connectivity index (χ2n) is 3.48. The third kappa shape index (κ3) is 2.64. The van der Waals surface area contributed by atoms with Crippen LogP contribution in [-0.2, 0) is 0 Å². The minimum Gasteiger partial charge on any atom is -0.393 e. The highest BCUT2D eigenvalue weighted by molar-refractivity contribution is 4.94. The van der Waals surface area contributed by atoms with Crippen molar-refractivity contribution < 1.29 is 5.11 Å². The standard InChI is InChI=1S/C9H17NO/c1-7(2)5-8-6-10-4-3-9(8)11/h8-11H,1,3-6H2,2H3. The Morgan fingerprint density at radius 3 is 3.00 bits per heavy atom. The zero-order chi connectivity index (χ0) is 8.27. The summed E-state index contributed by atoms with van der Waals surface area (Å²) in [4.78, 5) is 0. The molecule has 64 valence electrons. The Morgan fingerprint density at radius 1 is 1.73 bits per heavy atom. The molecule has 11 heavy (non-hydrogen) atoms. The van der Waals surface area contributed by atoms with Gasteiger partial charge < -0.3 is 10.4 Å². The van der Waals surface area contributed by atoms with Crippen LogP contribution in [0, 0.1) is 5.92 Å². The van der Waals surface area contributed by atoms with Crippen LogP contribution in [0.25, 0.3) is 0 Å². The first-order valence-electron chi connectivity index (χ1n) is 4.23. The summed E-state index contributed by atoms with van der Waals surface area (Å²) in [5.41, 5.74) is 1.16. The number of piperidine rings is 1. The zero-order valence-corrected chi connectivity index (χ0v) is 7.14. The number of hydrogen-bond acceptors (Lipinski definition) is 2. The van der Waals surface area contributed by atoms with Crippen LogP contribution in [0.4, 0.5) is 0 Å². The number of nitrogens with one attached hydrogen (secondary N) is 1. The molecule has 0 aliphatic carbocycles. The van der Waals surface area contributed by atoms with E-state index in [0.717, 1.165) is 31.5 Å². The van der Waals surface area contributed by atoms with E-state index in [-0.39, 0.29) is 6.10 Å². The topological polar surface area (TPSA) is 32.3 Å². The van der Waals surface area contributed by atoms with Gasteiger partial charge >= 0.3 is 0 Å². The van der Waals surface area contributed by atoms with Gasteiger partial charge in [-0.25, -0.2) is 0 Å². The van der Waals surface area contributed by atoms with Gasteiger partial charge in [0.05, 0.1) is 6.10 Å². The molecule has 0 saturated carbocycles. The van der Waals surface area contributed by atoms with E-state index in [0.29, 0.717) is 5.92 Å². The molecule has 1 rings (SSSR count). The van der Waals surface area contributed by atoms with Crippen molar-refractivity contribution in [3.05, 3.63) is 12.2 Å². The molecule has 0 amide bonds. The highest BCUT2D eigenvalue weighted by Gasteiger charge is 2.21.